The molecular weight excluding hydrogens is 159 g/mol. The summed E-state index contributed by atoms with van der Waals surface area (Å²) in [5.74, 6) is 0. The summed E-state index contributed by atoms with van der Waals surface area (Å²) in [6.45, 7) is 0. The van der Waals surface area contributed by atoms with Gasteiger partial charge >= 0.3 is 54.4 Å². The molecule has 0 spiro atoms. The van der Waals surface area contributed by atoms with Crippen molar-refractivity contribution in [2.45, 2.75) is 0 Å². The molecule has 1 aliphatic heterocycles. The average Bonchev–Trinajstić information content (AvgIpc) is 2.15. The predicted octanol–water partition coefficient (Wildman–Crippen LogP) is 0.886. The molecule has 0 unspecified atom stereocenters. The Morgan fingerprint density at radius 1 is 1.25 bits per heavy atom. The van der Waals surface area contributed by atoms with E-state index in [0.29, 0.717) is 15.3 Å². The first-order valence-corrected chi connectivity index (χ1v) is 4.75. The zero-order valence-corrected chi connectivity index (χ0v) is 6.21. The van der Waals surface area contributed by atoms with E-state index in [-0.39, 0.29) is 0 Å². The number of hydrogen-bond donors (Lipinski definition) is 0. The van der Waals surface area contributed by atoms with E-state index in [0.717, 1.165) is 0 Å². The summed E-state index contributed by atoms with van der Waals surface area (Å²) in [4.78, 5) is 4.68. The molecule has 1 heterocycles. The van der Waals surface area contributed by atoms with E-state index in [1.165, 1.54) is 11.1 Å². The van der Waals surface area contributed by atoms with Gasteiger partial charge in [-0.3, -0.25) is 0 Å². The summed E-state index contributed by atoms with van der Waals surface area (Å²) >= 11 is 0.423. The third-order valence-corrected chi connectivity index (χ3v) is 3.10. The van der Waals surface area contributed by atoms with E-state index in [1.807, 2.05) is 0 Å². The van der Waals surface area contributed by atoms with Gasteiger partial charge in [0.15, 0.2) is 0 Å². The molecule has 0 amide bonds. The SMILES string of the molecule is C1=CC2=C[As]=CC2=C1. The fourth-order valence-corrected chi connectivity index (χ4v) is 2.70. The van der Waals surface area contributed by atoms with E-state index in [9.17, 15) is 0 Å². The topological polar surface area (TPSA) is 0 Å². The van der Waals surface area contributed by atoms with Gasteiger partial charge in [0.25, 0.3) is 0 Å². The first-order chi connectivity index (χ1) is 3.97. The maximum absolute atomic E-state index is 2.34. The molecule has 0 saturated carbocycles. The van der Waals surface area contributed by atoms with Gasteiger partial charge in [-0.05, 0) is 0 Å². The van der Waals surface area contributed by atoms with Crippen molar-refractivity contribution in [3.05, 3.63) is 34.2 Å². The Morgan fingerprint density at radius 3 is 3.12 bits per heavy atom. The molecule has 0 saturated heterocycles. The quantitative estimate of drug-likeness (QED) is 0.466. The minimum atomic E-state index is 0.423. The molecule has 0 aromatic rings. The van der Waals surface area contributed by atoms with Gasteiger partial charge in [0.05, 0.1) is 0 Å². The summed E-state index contributed by atoms with van der Waals surface area (Å²) in [5.41, 5.74) is 2.90. The average molecular weight is 164 g/mol. The molecule has 0 N–H and O–H groups in total. The fraction of sp³-hybridized carbons (Fsp3) is 0. The second kappa shape index (κ2) is 1.56. The number of rotatable bonds is 0. The van der Waals surface area contributed by atoms with Crippen LogP contribution in [-0.4, -0.2) is 20.1 Å². The van der Waals surface area contributed by atoms with Crippen LogP contribution in [0.5, 0.6) is 0 Å². The van der Waals surface area contributed by atoms with Crippen LogP contribution in [0, 0.1) is 0 Å². The van der Waals surface area contributed by atoms with E-state index < -0.39 is 0 Å². The van der Waals surface area contributed by atoms with Crippen molar-refractivity contribution in [2.24, 2.45) is 0 Å². The van der Waals surface area contributed by atoms with Crippen LogP contribution >= 0.6 is 0 Å². The molecule has 0 bridgehead atoms. The monoisotopic (exact) mass is 164 g/mol. The van der Waals surface area contributed by atoms with Crippen LogP contribution < -0.4 is 0 Å². The van der Waals surface area contributed by atoms with E-state index >= 15 is 0 Å². The molecule has 0 fully saturated rings. The van der Waals surface area contributed by atoms with Crippen LogP contribution in [0.4, 0.5) is 0 Å². The first-order valence-electron chi connectivity index (χ1n) is 2.59. The van der Waals surface area contributed by atoms with Crippen LogP contribution in [0.2, 0.25) is 0 Å². The zero-order chi connectivity index (χ0) is 5.40. The van der Waals surface area contributed by atoms with Gasteiger partial charge in [0.1, 0.15) is 0 Å². The van der Waals surface area contributed by atoms with Gasteiger partial charge < -0.3 is 0 Å². The Hall–Kier alpha value is -0.352. The Balaban J connectivity index is 2.59. The maximum atomic E-state index is 2.34. The summed E-state index contributed by atoms with van der Waals surface area (Å²) in [7, 11) is 0. The van der Waals surface area contributed by atoms with Crippen LogP contribution in [0.15, 0.2) is 34.2 Å². The van der Waals surface area contributed by atoms with Crippen molar-refractivity contribution in [3.8, 4) is 0 Å². The van der Waals surface area contributed by atoms with Crippen LogP contribution in [0.3, 0.4) is 0 Å². The standard InChI is InChI=1S/C7H5As/c1-2-6-4-8-5-7(6)3-1/h1-5H. The normalized spacial score (nSPS) is 23.0. The molecule has 2 rings (SSSR count). The minimum absolute atomic E-state index is 0.423. The molecule has 0 radical (unpaired) electrons. The molecule has 1 heteroatoms. The molecule has 0 atom stereocenters. The molecule has 0 aromatic heterocycles. The number of fused-ring (bicyclic) bond motifs is 1. The third-order valence-electron chi connectivity index (χ3n) is 1.31. The Morgan fingerprint density at radius 2 is 2.25 bits per heavy atom. The summed E-state index contributed by atoms with van der Waals surface area (Å²) in [6.07, 6.45) is 6.46. The summed E-state index contributed by atoms with van der Waals surface area (Å²) in [5, 5.41) is 0. The number of hydrogen-bond acceptors (Lipinski definition) is 0. The Kier molecular flexibility index (Phi) is 0.883. The first kappa shape index (κ1) is 4.52. The molecule has 8 heavy (non-hydrogen) atoms. The van der Waals surface area contributed by atoms with Crippen LogP contribution in [0.1, 0.15) is 0 Å². The van der Waals surface area contributed by atoms with Crippen molar-refractivity contribution in [3.63, 3.8) is 0 Å². The number of allylic oxidation sites excluding steroid dienone is 5. The van der Waals surface area contributed by atoms with Gasteiger partial charge in [-0.2, -0.15) is 0 Å². The molecule has 0 aromatic carbocycles. The Bertz CT molecular complexity index is 203. The summed E-state index contributed by atoms with van der Waals surface area (Å²) < 4.78 is 0. The molecule has 38 valence electrons. The second-order valence-corrected chi connectivity index (χ2v) is 3.55. The van der Waals surface area contributed by atoms with E-state index in [4.69, 9.17) is 0 Å². The van der Waals surface area contributed by atoms with E-state index in [2.05, 4.69) is 27.9 Å². The van der Waals surface area contributed by atoms with Crippen LogP contribution in [-0.2, 0) is 0 Å². The molecule has 0 nitrogen and oxygen atoms in total. The molecular formula is C7H5As. The predicted molar refractivity (Wildman–Crippen MR) is 37.1 cm³/mol. The van der Waals surface area contributed by atoms with Crippen molar-refractivity contribution >= 4 is 20.1 Å². The summed E-state index contributed by atoms with van der Waals surface area (Å²) in [6, 6.07) is 0. The van der Waals surface area contributed by atoms with Crippen molar-refractivity contribution < 1.29 is 0 Å². The van der Waals surface area contributed by atoms with Gasteiger partial charge in [0, 0.05) is 0 Å². The molecule has 2 aliphatic rings. The van der Waals surface area contributed by atoms with E-state index in [1.54, 1.807) is 0 Å². The van der Waals surface area contributed by atoms with Crippen molar-refractivity contribution in [2.75, 3.05) is 0 Å². The van der Waals surface area contributed by atoms with Crippen LogP contribution in [0.25, 0.3) is 0 Å². The second-order valence-electron chi connectivity index (χ2n) is 1.84. The van der Waals surface area contributed by atoms with Gasteiger partial charge in [-0.1, -0.05) is 0 Å². The van der Waals surface area contributed by atoms with Crippen molar-refractivity contribution in [1.82, 2.24) is 0 Å². The van der Waals surface area contributed by atoms with Gasteiger partial charge in [-0.15, -0.1) is 0 Å². The van der Waals surface area contributed by atoms with Gasteiger partial charge in [-0.25, -0.2) is 0 Å². The zero-order valence-electron chi connectivity index (χ0n) is 4.33. The van der Waals surface area contributed by atoms with Gasteiger partial charge in [0.2, 0.25) is 0 Å². The Labute approximate surface area is 54.8 Å². The van der Waals surface area contributed by atoms with Crippen molar-refractivity contribution in [1.29, 1.82) is 0 Å². The fourth-order valence-electron chi connectivity index (χ4n) is 0.881. The molecule has 1 aliphatic carbocycles. The third kappa shape index (κ3) is 0.498.